The molecule has 11 heteroatoms. The van der Waals surface area contributed by atoms with Crippen molar-refractivity contribution in [2.45, 2.75) is 23.5 Å². The van der Waals surface area contributed by atoms with Crippen LogP contribution < -0.4 is 14.1 Å². The van der Waals surface area contributed by atoms with Gasteiger partial charge in [0, 0.05) is 24.8 Å². The minimum Gasteiger partial charge on any atom is -0.377 e. The number of fused-ring (bicyclic) bond motifs is 5. The number of para-hydroxylation sites is 1. The molecule has 4 aromatic carbocycles. The number of carbonyl (C=O) groups excluding carboxylic acids is 4. The quantitative estimate of drug-likeness (QED) is 0.265. The highest BCUT2D eigenvalue weighted by atomic mass is 32.2. The molecule has 0 unspecified atom stereocenters. The molecular weight excluding hydrogens is 642 g/mol. The molecule has 4 amide bonds. The predicted molar refractivity (Wildman–Crippen MR) is 182 cm³/mol. The van der Waals surface area contributed by atoms with Gasteiger partial charge in [0.15, 0.2) is 0 Å². The first-order valence-electron chi connectivity index (χ1n) is 15.7. The van der Waals surface area contributed by atoms with Gasteiger partial charge in [0.1, 0.15) is 0 Å². The normalized spacial score (nSPS) is 22.8. The van der Waals surface area contributed by atoms with E-state index in [1.807, 2.05) is 36.4 Å². The number of sulfonamides is 1. The number of rotatable bonds is 7. The van der Waals surface area contributed by atoms with Crippen LogP contribution in [0.5, 0.6) is 0 Å². The Kier molecular flexibility index (Phi) is 7.20. The van der Waals surface area contributed by atoms with Gasteiger partial charge in [-0.2, -0.15) is 0 Å². The van der Waals surface area contributed by atoms with Crippen LogP contribution in [0.4, 0.5) is 17.1 Å². The molecule has 8 rings (SSSR count). The van der Waals surface area contributed by atoms with Gasteiger partial charge in [-0.15, -0.1) is 0 Å². The molecule has 0 saturated carbocycles. The van der Waals surface area contributed by atoms with E-state index in [0.29, 0.717) is 34.6 Å². The van der Waals surface area contributed by atoms with E-state index in [0.717, 1.165) is 20.9 Å². The average Bonchev–Trinajstić information content (AvgIpc) is 3.73. The first-order chi connectivity index (χ1) is 23.7. The molecule has 0 bridgehead atoms. The second-order valence-electron chi connectivity index (χ2n) is 12.3. The molecule has 244 valence electrons. The molecule has 4 atom stereocenters. The summed E-state index contributed by atoms with van der Waals surface area (Å²) in [5.41, 5.74) is 4.48. The molecule has 3 aliphatic heterocycles. The van der Waals surface area contributed by atoms with Gasteiger partial charge in [0.2, 0.25) is 11.8 Å². The molecule has 1 fully saturated rings. The van der Waals surface area contributed by atoms with Crippen molar-refractivity contribution in [2.75, 3.05) is 21.2 Å². The first kappa shape index (κ1) is 30.7. The van der Waals surface area contributed by atoms with Crippen LogP contribution in [0.1, 0.15) is 16.7 Å². The van der Waals surface area contributed by atoms with Gasteiger partial charge in [-0.3, -0.25) is 23.5 Å². The summed E-state index contributed by atoms with van der Waals surface area (Å²) in [6.45, 7) is 0. The van der Waals surface area contributed by atoms with Crippen molar-refractivity contribution in [3.05, 3.63) is 138 Å². The summed E-state index contributed by atoms with van der Waals surface area (Å²) in [5, 5.41) is 0. The molecule has 0 radical (unpaired) electrons. The Bertz CT molecular complexity index is 2200. The van der Waals surface area contributed by atoms with Crippen molar-refractivity contribution in [2.24, 2.45) is 11.8 Å². The molecule has 0 spiro atoms. The van der Waals surface area contributed by atoms with Gasteiger partial charge in [0.25, 0.3) is 21.8 Å². The average molecular weight is 672 g/mol. The van der Waals surface area contributed by atoms with E-state index >= 15 is 0 Å². The molecule has 1 aliphatic carbocycles. The molecule has 0 aromatic heterocycles. The van der Waals surface area contributed by atoms with Gasteiger partial charge in [0.05, 0.1) is 45.9 Å². The number of amides is 4. The maximum absolute atomic E-state index is 14.4. The summed E-state index contributed by atoms with van der Waals surface area (Å²) in [5.74, 6) is -3.66. The number of hydrogen-bond donors (Lipinski definition) is 0. The molecule has 4 aliphatic rings. The van der Waals surface area contributed by atoms with Gasteiger partial charge in [-0.25, -0.2) is 18.2 Å². The van der Waals surface area contributed by atoms with E-state index in [-0.39, 0.29) is 16.7 Å². The minimum absolute atomic E-state index is 0.0883. The lowest BCUT2D eigenvalue weighted by molar-refractivity contribution is -0.124. The lowest BCUT2D eigenvalue weighted by atomic mass is 9.75. The maximum Gasteiger partial charge on any atom is 0.264 e. The van der Waals surface area contributed by atoms with E-state index in [9.17, 15) is 27.6 Å². The third kappa shape index (κ3) is 4.76. The molecular formula is C38H29N3O7S. The molecule has 1 saturated heterocycles. The number of anilines is 3. The van der Waals surface area contributed by atoms with Crippen molar-refractivity contribution in [1.82, 2.24) is 0 Å². The number of ether oxygens (including phenoxy) is 1. The second-order valence-corrected chi connectivity index (χ2v) is 14.1. The second kappa shape index (κ2) is 11.5. The van der Waals surface area contributed by atoms with Crippen molar-refractivity contribution in [1.29, 1.82) is 0 Å². The largest absolute Gasteiger partial charge is 0.377 e. The highest BCUT2D eigenvalue weighted by molar-refractivity contribution is 7.93. The SMILES string of the molecule is CO[C@H]1C=C2c3ccccc3N(S(=O)(=O)c3ccccc3)[C@H]2[C@H]2C(=O)N(c3ccc(Cc4ccc(N5C(=O)C=CC5=O)cc4)cc3)C(=O)[C@H]21. The fourth-order valence-corrected chi connectivity index (χ4v) is 9.10. The van der Waals surface area contributed by atoms with Gasteiger partial charge in [-0.1, -0.05) is 60.7 Å². The molecule has 49 heavy (non-hydrogen) atoms. The summed E-state index contributed by atoms with van der Waals surface area (Å²) in [6.07, 6.45) is 4.06. The van der Waals surface area contributed by atoms with Crippen LogP contribution in [0, 0.1) is 11.8 Å². The fraction of sp³-hybridized carbons (Fsp3) is 0.158. The number of benzene rings is 4. The first-order valence-corrected chi connectivity index (χ1v) is 17.2. The predicted octanol–water partition coefficient (Wildman–Crippen LogP) is 4.50. The monoisotopic (exact) mass is 671 g/mol. The highest BCUT2D eigenvalue weighted by Gasteiger charge is 2.62. The van der Waals surface area contributed by atoms with Gasteiger partial charge < -0.3 is 4.74 Å². The summed E-state index contributed by atoms with van der Waals surface area (Å²) in [7, 11) is -2.64. The molecule has 10 nitrogen and oxygen atoms in total. The standard InChI is InChI=1S/C38H29N3O7S/c1-48-31-22-29-28-9-5-6-10-30(28)41(49(46,47)27-7-3-2-4-8-27)36(29)35-34(31)37(44)40(38(35)45)26-17-13-24(14-18-26)21-23-11-15-25(16-12-23)39-32(42)19-20-33(39)43/h2-20,22,31,34-36H,21H2,1H3/t31-,34-,35-,36+/m0/s1. The molecule has 0 N–H and O–H groups in total. The van der Waals surface area contributed by atoms with Crippen LogP contribution in [0.15, 0.2) is 126 Å². The Morgan fingerprint density at radius 3 is 1.82 bits per heavy atom. The lowest BCUT2D eigenvalue weighted by Crippen LogP contribution is -2.50. The van der Waals surface area contributed by atoms with Crippen LogP contribution in [0.2, 0.25) is 0 Å². The zero-order valence-electron chi connectivity index (χ0n) is 26.2. The van der Waals surface area contributed by atoms with Crippen molar-refractivity contribution in [3.63, 3.8) is 0 Å². The van der Waals surface area contributed by atoms with E-state index in [1.165, 1.54) is 35.7 Å². The fourth-order valence-electron chi connectivity index (χ4n) is 7.41. The summed E-state index contributed by atoms with van der Waals surface area (Å²) < 4.78 is 35.6. The number of hydrogen-bond acceptors (Lipinski definition) is 7. The minimum atomic E-state index is -4.13. The van der Waals surface area contributed by atoms with Crippen molar-refractivity contribution >= 4 is 56.3 Å². The summed E-state index contributed by atoms with van der Waals surface area (Å²) >= 11 is 0. The Morgan fingerprint density at radius 1 is 0.653 bits per heavy atom. The third-order valence-electron chi connectivity index (χ3n) is 9.64. The molecule has 4 aromatic rings. The Hall–Kier alpha value is -5.65. The lowest BCUT2D eigenvalue weighted by Gasteiger charge is -2.37. The van der Waals surface area contributed by atoms with E-state index in [2.05, 4.69) is 0 Å². The zero-order valence-corrected chi connectivity index (χ0v) is 27.0. The van der Waals surface area contributed by atoms with Crippen LogP contribution in [0.3, 0.4) is 0 Å². The van der Waals surface area contributed by atoms with Crippen molar-refractivity contribution in [3.8, 4) is 0 Å². The zero-order chi connectivity index (χ0) is 34.0. The smallest absolute Gasteiger partial charge is 0.264 e. The number of carbonyl (C=O) groups is 4. The van der Waals surface area contributed by atoms with E-state index < -0.39 is 45.8 Å². The molecule has 3 heterocycles. The Balaban J connectivity index is 1.10. The van der Waals surface area contributed by atoms with Gasteiger partial charge in [-0.05, 0) is 71.7 Å². The third-order valence-corrected chi connectivity index (χ3v) is 11.4. The van der Waals surface area contributed by atoms with E-state index in [1.54, 1.807) is 60.7 Å². The topological polar surface area (TPSA) is 121 Å². The summed E-state index contributed by atoms with van der Waals surface area (Å²) in [4.78, 5) is 55.0. The Morgan fingerprint density at radius 2 is 1.20 bits per heavy atom. The van der Waals surface area contributed by atoms with E-state index in [4.69, 9.17) is 4.74 Å². The van der Waals surface area contributed by atoms with Crippen LogP contribution in [0.25, 0.3) is 5.57 Å². The van der Waals surface area contributed by atoms with Gasteiger partial charge >= 0.3 is 0 Å². The summed E-state index contributed by atoms with van der Waals surface area (Å²) in [6, 6.07) is 28.5. The number of nitrogens with zero attached hydrogens (tertiary/aromatic N) is 3. The van der Waals surface area contributed by atoms with Crippen molar-refractivity contribution < 1.29 is 32.3 Å². The van der Waals surface area contributed by atoms with Crippen LogP contribution in [-0.4, -0.2) is 51.3 Å². The Labute approximate surface area is 282 Å². The number of methoxy groups -OCH3 is 1. The van der Waals surface area contributed by atoms with Crippen LogP contribution >= 0.6 is 0 Å². The number of imide groups is 2. The highest BCUT2D eigenvalue weighted by Crippen LogP contribution is 2.53. The van der Waals surface area contributed by atoms with Crippen LogP contribution in [-0.2, 0) is 40.4 Å². The maximum atomic E-state index is 14.4.